The van der Waals surface area contributed by atoms with Gasteiger partial charge in [0.2, 0.25) is 0 Å². The van der Waals surface area contributed by atoms with Crippen LogP contribution in [-0.4, -0.2) is 57.1 Å². The van der Waals surface area contributed by atoms with E-state index in [2.05, 4.69) is 12.4 Å². The average molecular weight is 436 g/mol. The second-order valence-electron chi connectivity index (χ2n) is 10.2. The number of carboxylic acids is 1. The molecule has 3 fully saturated rings. The topological polar surface area (TPSA) is 136 Å². The maximum absolute atomic E-state index is 12.5. The Balaban J connectivity index is 1.58. The van der Waals surface area contributed by atoms with Gasteiger partial charge in [0.1, 0.15) is 12.2 Å². The average Bonchev–Trinajstić information content (AvgIpc) is 2.98. The van der Waals surface area contributed by atoms with E-state index in [1.54, 1.807) is 0 Å². The molecule has 8 nitrogen and oxygen atoms in total. The number of hydrogen-bond acceptors (Lipinski definition) is 7. The number of rotatable bonds is 6. The van der Waals surface area contributed by atoms with Crippen molar-refractivity contribution >= 4 is 11.8 Å². The van der Waals surface area contributed by atoms with Gasteiger partial charge in [-0.25, -0.2) is 4.79 Å². The zero-order valence-corrected chi connectivity index (χ0v) is 18.1. The molecule has 4 aliphatic rings. The molecule has 0 aromatic heterocycles. The largest absolute Gasteiger partial charge is 0.479 e. The molecule has 0 amide bonds. The third kappa shape index (κ3) is 3.26. The number of Topliss-reactive ketones (excluding diaryl/α,β-unsaturated/α-hetero) is 1. The van der Waals surface area contributed by atoms with E-state index in [-0.39, 0.29) is 23.2 Å². The van der Waals surface area contributed by atoms with E-state index in [4.69, 9.17) is 9.94 Å². The summed E-state index contributed by atoms with van der Waals surface area (Å²) in [5.41, 5.74) is 2.07. The van der Waals surface area contributed by atoms with Crippen LogP contribution in [0.25, 0.3) is 0 Å². The van der Waals surface area contributed by atoms with Gasteiger partial charge in [0.25, 0.3) is 0 Å². The molecule has 4 aliphatic carbocycles. The lowest BCUT2D eigenvalue weighted by Gasteiger charge is -2.60. The first-order valence-corrected chi connectivity index (χ1v) is 11.1. The standard InChI is InChI=1S/C23H33NO7/c1-21-7-5-14(24-31-12-19(28)29)9-13(21)3-4-15-16-6-8-23(30,18(27)11-25)22(16,2)10-17(26)20(15)21/h5,9,15-17,20,24-26,30H,3-4,6-8,10-12H2,1-2H3,(H,28,29). The molecule has 0 aromatic rings. The normalized spacial score (nSPS) is 43.8. The Labute approximate surface area is 181 Å². The predicted octanol–water partition coefficient (Wildman–Crippen LogP) is 1.31. The van der Waals surface area contributed by atoms with Gasteiger partial charge >= 0.3 is 5.97 Å². The quantitative estimate of drug-likeness (QED) is 0.394. The highest BCUT2D eigenvalue weighted by atomic mass is 16.7. The summed E-state index contributed by atoms with van der Waals surface area (Å²) in [5.74, 6) is -1.28. The van der Waals surface area contributed by atoms with Crippen LogP contribution in [0.15, 0.2) is 23.4 Å². The molecule has 8 heteroatoms. The van der Waals surface area contributed by atoms with Gasteiger partial charge in [-0.2, -0.15) is 0 Å². The van der Waals surface area contributed by atoms with Crippen molar-refractivity contribution in [2.45, 2.75) is 64.1 Å². The van der Waals surface area contributed by atoms with Crippen molar-refractivity contribution in [3.63, 3.8) is 0 Å². The minimum absolute atomic E-state index is 0.00916. The van der Waals surface area contributed by atoms with Gasteiger partial charge in [-0.1, -0.05) is 25.5 Å². The molecule has 0 saturated heterocycles. The van der Waals surface area contributed by atoms with Crippen molar-refractivity contribution in [3.8, 4) is 0 Å². The van der Waals surface area contributed by atoms with Crippen LogP contribution in [0.3, 0.4) is 0 Å². The molecular weight excluding hydrogens is 402 g/mol. The second kappa shape index (κ2) is 7.69. The molecule has 4 rings (SSSR count). The number of fused-ring (bicyclic) bond motifs is 5. The van der Waals surface area contributed by atoms with Crippen molar-refractivity contribution in [3.05, 3.63) is 23.4 Å². The van der Waals surface area contributed by atoms with Gasteiger partial charge < -0.3 is 20.4 Å². The maximum atomic E-state index is 12.5. The number of carboxylic acid groups (broad SMARTS) is 1. The highest BCUT2D eigenvalue weighted by Gasteiger charge is 2.68. The summed E-state index contributed by atoms with van der Waals surface area (Å²) in [5, 5.41) is 40.8. The lowest BCUT2D eigenvalue weighted by atomic mass is 9.45. The van der Waals surface area contributed by atoms with Gasteiger partial charge in [0, 0.05) is 5.41 Å². The van der Waals surface area contributed by atoms with Gasteiger partial charge in [-0.15, -0.1) is 0 Å². The molecule has 172 valence electrons. The van der Waals surface area contributed by atoms with Crippen molar-refractivity contribution in [1.29, 1.82) is 0 Å². The first kappa shape index (κ1) is 22.5. The Bertz CT molecular complexity index is 838. The van der Waals surface area contributed by atoms with Crippen LogP contribution in [0.4, 0.5) is 0 Å². The first-order valence-electron chi connectivity index (χ1n) is 11.1. The zero-order valence-electron chi connectivity index (χ0n) is 18.1. The van der Waals surface area contributed by atoms with Crippen molar-refractivity contribution in [1.82, 2.24) is 5.48 Å². The summed E-state index contributed by atoms with van der Waals surface area (Å²) in [7, 11) is 0. The van der Waals surface area contributed by atoms with E-state index in [0.717, 1.165) is 18.5 Å². The summed E-state index contributed by atoms with van der Waals surface area (Å²) in [6.07, 6.45) is 7.08. The summed E-state index contributed by atoms with van der Waals surface area (Å²) >= 11 is 0. The molecule has 5 N–H and O–H groups in total. The van der Waals surface area contributed by atoms with Crippen LogP contribution in [0.1, 0.15) is 52.4 Å². The van der Waals surface area contributed by atoms with Crippen molar-refractivity contribution in [2.24, 2.45) is 28.6 Å². The summed E-state index contributed by atoms with van der Waals surface area (Å²) in [6, 6.07) is 0. The van der Waals surface area contributed by atoms with Gasteiger partial charge in [-0.05, 0) is 67.8 Å². The van der Waals surface area contributed by atoms with Crippen LogP contribution < -0.4 is 5.48 Å². The van der Waals surface area contributed by atoms with Crippen LogP contribution in [0.2, 0.25) is 0 Å². The molecule has 7 unspecified atom stereocenters. The molecule has 0 spiro atoms. The molecule has 0 aromatic carbocycles. The molecule has 0 aliphatic heterocycles. The Morgan fingerprint density at radius 3 is 2.71 bits per heavy atom. The minimum Gasteiger partial charge on any atom is -0.479 e. The number of carbonyl (C=O) groups excluding carboxylic acids is 1. The summed E-state index contributed by atoms with van der Waals surface area (Å²) in [4.78, 5) is 28.1. The fourth-order valence-electron chi connectivity index (χ4n) is 7.39. The third-order valence-electron chi connectivity index (χ3n) is 8.89. The monoisotopic (exact) mass is 435 g/mol. The lowest BCUT2D eigenvalue weighted by molar-refractivity contribution is -0.181. The molecule has 0 radical (unpaired) electrons. The molecular formula is C23H33NO7. The predicted molar refractivity (Wildman–Crippen MR) is 110 cm³/mol. The van der Waals surface area contributed by atoms with Crippen LogP contribution >= 0.6 is 0 Å². The van der Waals surface area contributed by atoms with E-state index >= 15 is 0 Å². The van der Waals surface area contributed by atoms with Gasteiger partial charge in [0.15, 0.2) is 12.4 Å². The van der Waals surface area contributed by atoms with E-state index in [1.807, 2.05) is 19.1 Å². The van der Waals surface area contributed by atoms with Gasteiger partial charge in [0.05, 0.1) is 11.8 Å². The molecule has 3 saturated carbocycles. The summed E-state index contributed by atoms with van der Waals surface area (Å²) < 4.78 is 0. The zero-order chi connectivity index (χ0) is 22.6. The summed E-state index contributed by atoms with van der Waals surface area (Å²) in [6.45, 7) is 2.97. The molecule has 0 heterocycles. The van der Waals surface area contributed by atoms with E-state index in [0.29, 0.717) is 25.7 Å². The molecule has 0 bridgehead atoms. The Kier molecular flexibility index (Phi) is 5.57. The number of hydrogen-bond donors (Lipinski definition) is 5. The van der Waals surface area contributed by atoms with Crippen molar-refractivity contribution < 1.29 is 34.9 Å². The van der Waals surface area contributed by atoms with Crippen molar-refractivity contribution in [2.75, 3.05) is 13.2 Å². The Morgan fingerprint density at radius 1 is 1.29 bits per heavy atom. The highest BCUT2D eigenvalue weighted by molar-refractivity contribution is 5.89. The highest BCUT2D eigenvalue weighted by Crippen LogP contribution is 2.67. The Morgan fingerprint density at radius 2 is 2.03 bits per heavy atom. The smallest absolute Gasteiger partial charge is 0.332 e. The number of carbonyl (C=O) groups is 2. The lowest BCUT2D eigenvalue weighted by Crippen LogP contribution is -2.61. The van der Waals surface area contributed by atoms with Crippen LogP contribution in [0, 0.1) is 28.6 Å². The van der Waals surface area contributed by atoms with Crippen LogP contribution in [0.5, 0.6) is 0 Å². The fraction of sp³-hybridized carbons (Fsp3) is 0.739. The second-order valence-corrected chi connectivity index (χ2v) is 10.2. The number of hydroxylamine groups is 1. The molecule has 31 heavy (non-hydrogen) atoms. The number of ketones is 1. The fourth-order valence-corrected chi connectivity index (χ4v) is 7.39. The number of allylic oxidation sites excluding steroid dienone is 3. The maximum Gasteiger partial charge on any atom is 0.332 e. The first-order chi connectivity index (χ1) is 14.6. The Hall–Kier alpha value is -1.74. The third-order valence-corrected chi connectivity index (χ3v) is 8.89. The van der Waals surface area contributed by atoms with Gasteiger partial charge in [-0.3, -0.25) is 15.1 Å². The number of aliphatic carboxylic acids is 1. The van der Waals surface area contributed by atoms with E-state index < -0.39 is 42.1 Å². The van der Waals surface area contributed by atoms with E-state index in [1.165, 1.54) is 5.57 Å². The minimum atomic E-state index is -1.58. The number of nitrogens with one attached hydrogen (secondary N) is 1. The number of aliphatic hydroxyl groups excluding tert-OH is 2. The number of aliphatic hydroxyl groups is 3. The van der Waals surface area contributed by atoms with Crippen LogP contribution in [-0.2, 0) is 14.4 Å². The molecule has 7 atom stereocenters. The van der Waals surface area contributed by atoms with E-state index in [9.17, 15) is 24.9 Å². The SMILES string of the molecule is CC12CC=C(NOCC(=O)O)C=C1CCC1C2C(O)CC2(C)C1CCC2(O)C(=O)CO.